The molecule has 3 heterocycles. The van der Waals surface area contributed by atoms with Crippen LogP contribution in [0.5, 0.6) is 0 Å². The highest BCUT2D eigenvalue weighted by Crippen LogP contribution is 2.24. The van der Waals surface area contributed by atoms with Crippen molar-refractivity contribution in [3.8, 4) is 0 Å². The number of nitrogens with zero attached hydrogens (tertiary/aromatic N) is 3. The molecule has 7 nitrogen and oxygen atoms in total. The third-order valence-electron chi connectivity index (χ3n) is 5.34. The van der Waals surface area contributed by atoms with Gasteiger partial charge in [0.15, 0.2) is 0 Å². The molecule has 2 aromatic heterocycles. The summed E-state index contributed by atoms with van der Waals surface area (Å²) in [6, 6.07) is 8.89. The van der Waals surface area contributed by atoms with E-state index in [2.05, 4.69) is 10.4 Å². The number of carbonyl (C=O) groups is 1. The van der Waals surface area contributed by atoms with Crippen LogP contribution in [0.15, 0.2) is 51.9 Å². The molecule has 0 radical (unpaired) electrons. The monoisotopic (exact) mass is 380 g/mol. The van der Waals surface area contributed by atoms with Crippen molar-refractivity contribution < 1.29 is 9.21 Å². The third-order valence-corrected chi connectivity index (χ3v) is 5.34. The summed E-state index contributed by atoms with van der Waals surface area (Å²) >= 11 is 0. The van der Waals surface area contributed by atoms with Gasteiger partial charge in [0.2, 0.25) is 0 Å². The normalized spacial score (nSPS) is 17.0. The molecule has 2 amide bonds. The van der Waals surface area contributed by atoms with E-state index in [1.165, 1.54) is 6.07 Å². The lowest BCUT2D eigenvalue weighted by Crippen LogP contribution is -2.46. The standard InChI is InChI=1S/C21H24N4O3/c1-15-13-20(26)28-19-14-16(6-7-18(15)19)23-21(27)25-11-3-2-5-17(25)8-12-24-10-4-9-22-24/h4,6-7,9-10,13-14,17H,2-3,5,8,11-12H2,1H3,(H,23,27)/t17-/m0/s1. The molecule has 0 saturated carbocycles. The molecule has 28 heavy (non-hydrogen) atoms. The summed E-state index contributed by atoms with van der Waals surface area (Å²) in [5.74, 6) is 0. The minimum atomic E-state index is -0.386. The predicted octanol–water partition coefficient (Wildman–Crippen LogP) is 3.77. The van der Waals surface area contributed by atoms with E-state index < -0.39 is 0 Å². The van der Waals surface area contributed by atoms with Gasteiger partial charge in [-0.15, -0.1) is 0 Å². The van der Waals surface area contributed by atoms with Gasteiger partial charge in [-0.2, -0.15) is 5.10 Å². The third kappa shape index (κ3) is 3.93. The zero-order valence-electron chi connectivity index (χ0n) is 15.9. The van der Waals surface area contributed by atoms with Crippen LogP contribution in [-0.4, -0.2) is 33.3 Å². The van der Waals surface area contributed by atoms with Gasteiger partial charge in [0, 0.05) is 54.7 Å². The summed E-state index contributed by atoms with van der Waals surface area (Å²) in [6.07, 6.45) is 7.73. The molecule has 1 aliphatic heterocycles. The molecule has 3 aromatic rings. The Labute approximate surface area is 162 Å². The minimum absolute atomic E-state index is 0.112. The number of aryl methyl sites for hydroxylation is 2. The van der Waals surface area contributed by atoms with Crippen LogP contribution >= 0.6 is 0 Å². The Morgan fingerprint density at radius 1 is 1.32 bits per heavy atom. The van der Waals surface area contributed by atoms with Crippen LogP contribution in [0.25, 0.3) is 11.0 Å². The molecule has 1 fully saturated rings. The molecule has 1 aromatic carbocycles. The second-order valence-corrected chi connectivity index (χ2v) is 7.29. The van der Waals surface area contributed by atoms with E-state index in [0.29, 0.717) is 11.3 Å². The number of fused-ring (bicyclic) bond motifs is 1. The first-order valence-electron chi connectivity index (χ1n) is 9.70. The number of hydrogen-bond acceptors (Lipinski definition) is 4. The smallest absolute Gasteiger partial charge is 0.336 e. The van der Waals surface area contributed by atoms with Gasteiger partial charge in [-0.05, 0) is 56.4 Å². The van der Waals surface area contributed by atoms with Crippen LogP contribution < -0.4 is 10.9 Å². The van der Waals surface area contributed by atoms with E-state index in [1.807, 2.05) is 40.9 Å². The lowest BCUT2D eigenvalue weighted by Gasteiger charge is -2.35. The Kier molecular flexibility index (Phi) is 5.14. The fraction of sp³-hybridized carbons (Fsp3) is 0.381. The quantitative estimate of drug-likeness (QED) is 0.699. The maximum Gasteiger partial charge on any atom is 0.336 e. The van der Waals surface area contributed by atoms with Gasteiger partial charge < -0.3 is 14.6 Å². The Bertz CT molecular complexity index is 1030. The zero-order valence-corrected chi connectivity index (χ0v) is 15.9. The number of urea groups is 1. The maximum atomic E-state index is 12.9. The average Bonchev–Trinajstić information content (AvgIpc) is 3.20. The highest BCUT2D eigenvalue weighted by Gasteiger charge is 2.26. The largest absolute Gasteiger partial charge is 0.423 e. The number of likely N-dealkylation sites (tertiary alicyclic amines) is 1. The van der Waals surface area contributed by atoms with Gasteiger partial charge in [0.1, 0.15) is 5.58 Å². The van der Waals surface area contributed by atoms with Gasteiger partial charge in [-0.3, -0.25) is 4.68 Å². The Hall–Kier alpha value is -3.09. The van der Waals surface area contributed by atoms with Crippen LogP contribution in [0, 0.1) is 6.92 Å². The van der Waals surface area contributed by atoms with Crippen molar-refractivity contribution >= 4 is 22.7 Å². The van der Waals surface area contributed by atoms with E-state index >= 15 is 0 Å². The predicted molar refractivity (Wildman–Crippen MR) is 107 cm³/mol. The molecule has 1 aliphatic rings. The molecule has 4 rings (SSSR count). The van der Waals surface area contributed by atoms with Gasteiger partial charge in [-0.1, -0.05) is 0 Å². The van der Waals surface area contributed by atoms with Crippen LogP contribution in [0.3, 0.4) is 0 Å². The zero-order chi connectivity index (χ0) is 19.5. The van der Waals surface area contributed by atoms with Crippen molar-refractivity contribution in [2.45, 2.75) is 45.2 Å². The fourth-order valence-electron chi connectivity index (χ4n) is 3.88. The summed E-state index contributed by atoms with van der Waals surface area (Å²) in [6.45, 7) is 3.41. The van der Waals surface area contributed by atoms with Gasteiger partial charge in [0.05, 0.1) is 0 Å². The van der Waals surface area contributed by atoms with Crippen molar-refractivity contribution in [1.29, 1.82) is 0 Å². The molecule has 146 valence electrons. The lowest BCUT2D eigenvalue weighted by atomic mass is 10.00. The number of rotatable bonds is 4. The van der Waals surface area contributed by atoms with Crippen molar-refractivity contribution in [1.82, 2.24) is 14.7 Å². The highest BCUT2D eigenvalue weighted by atomic mass is 16.4. The number of anilines is 1. The number of benzene rings is 1. The van der Waals surface area contributed by atoms with Crippen molar-refractivity contribution in [3.05, 3.63) is 58.7 Å². The topological polar surface area (TPSA) is 80.4 Å². The van der Waals surface area contributed by atoms with E-state index in [-0.39, 0.29) is 17.7 Å². The molecule has 1 saturated heterocycles. The summed E-state index contributed by atoms with van der Waals surface area (Å²) in [4.78, 5) is 26.5. The number of piperidine rings is 1. The number of hydrogen-bond donors (Lipinski definition) is 1. The second kappa shape index (κ2) is 7.88. The summed E-state index contributed by atoms with van der Waals surface area (Å²) in [5, 5.41) is 8.08. The summed E-state index contributed by atoms with van der Waals surface area (Å²) in [5.41, 5.74) is 1.58. The second-order valence-electron chi connectivity index (χ2n) is 7.29. The van der Waals surface area contributed by atoms with Gasteiger partial charge in [0.25, 0.3) is 0 Å². The fourth-order valence-corrected chi connectivity index (χ4v) is 3.88. The minimum Gasteiger partial charge on any atom is -0.423 e. The van der Waals surface area contributed by atoms with E-state index in [9.17, 15) is 9.59 Å². The molecule has 0 aliphatic carbocycles. The number of carbonyl (C=O) groups excluding carboxylic acids is 1. The summed E-state index contributed by atoms with van der Waals surface area (Å²) < 4.78 is 7.18. The first-order chi connectivity index (χ1) is 13.6. The highest BCUT2D eigenvalue weighted by molar-refractivity contribution is 5.92. The summed E-state index contributed by atoms with van der Waals surface area (Å²) in [7, 11) is 0. The van der Waals surface area contributed by atoms with Crippen molar-refractivity contribution in [2.75, 3.05) is 11.9 Å². The Morgan fingerprint density at radius 3 is 3.04 bits per heavy atom. The molecular weight excluding hydrogens is 356 g/mol. The molecule has 1 atom stereocenters. The van der Waals surface area contributed by atoms with E-state index in [1.54, 1.807) is 12.3 Å². The molecular formula is C21H24N4O3. The van der Waals surface area contributed by atoms with Crippen LogP contribution in [0.1, 0.15) is 31.2 Å². The van der Waals surface area contributed by atoms with E-state index in [4.69, 9.17) is 4.42 Å². The molecule has 0 spiro atoms. The molecule has 0 unspecified atom stereocenters. The number of amides is 2. The molecule has 1 N–H and O–H groups in total. The first kappa shape index (κ1) is 18.3. The van der Waals surface area contributed by atoms with Crippen LogP contribution in [0.2, 0.25) is 0 Å². The maximum absolute atomic E-state index is 12.9. The Morgan fingerprint density at radius 2 is 2.21 bits per heavy atom. The number of aromatic nitrogens is 2. The van der Waals surface area contributed by atoms with Crippen molar-refractivity contribution in [2.24, 2.45) is 0 Å². The molecule has 7 heteroatoms. The van der Waals surface area contributed by atoms with Crippen LogP contribution in [-0.2, 0) is 6.54 Å². The number of nitrogens with one attached hydrogen (secondary N) is 1. The van der Waals surface area contributed by atoms with E-state index in [0.717, 1.165) is 49.7 Å². The molecule has 0 bridgehead atoms. The first-order valence-corrected chi connectivity index (χ1v) is 9.70. The van der Waals surface area contributed by atoms with Crippen LogP contribution in [0.4, 0.5) is 10.5 Å². The van der Waals surface area contributed by atoms with Gasteiger partial charge in [-0.25, -0.2) is 9.59 Å². The average molecular weight is 380 g/mol. The van der Waals surface area contributed by atoms with Gasteiger partial charge >= 0.3 is 11.7 Å². The SMILES string of the molecule is Cc1cc(=O)oc2cc(NC(=O)N3CCCC[C@H]3CCn3cccn3)ccc12. The Balaban J connectivity index is 1.48. The van der Waals surface area contributed by atoms with Crippen molar-refractivity contribution in [3.63, 3.8) is 0 Å². The lowest BCUT2D eigenvalue weighted by molar-refractivity contribution is 0.154.